The molecule has 44 heavy (non-hydrogen) atoms. The summed E-state index contributed by atoms with van der Waals surface area (Å²) in [7, 11) is -2.27. The molecule has 0 spiro atoms. The number of allylic oxidation sites excluding steroid dienone is 1. The van der Waals surface area contributed by atoms with Gasteiger partial charge in [-0.05, 0) is 141 Å². The van der Waals surface area contributed by atoms with Crippen molar-refractivity contribution in [2.24, 2.45) is 56.7 Å². The van der Waals surface area contributed by atoms with E-state index in [0.29, 0.717) is 29.6 Å². The summed E-state index contributed by atoms with van der Waals surface area (Å²) < 4.78 is 38.5. The molecule has 6 rings (SSSR count). The van der Waals surface area contributed by atoms with E-state index in [2.05, 4.69) is 48.1 Å². The third-order valence-corrected chi connectivity index (χ3v) is 16.5. The number of benzene rings is 1. The molecule has 0 saturated heterocycles. The zero-order valence-electron chi connectivity index (χ0n) is 28.5. The van der Waals surface area contributed by atoms with Gasteiger partial charge in [0.25, 0.3) is 10.1 Å². The second-order valence-electron chi connectivity index (χ2n) is 17.0. The van der Waals surface area contributed by atoms with Gasteiger partial charge in [-0.1, -0.05) is 64.5 Å². The van der Waals surface area contributed by atoms with Gasteiger partial charge < -0.3 is 4.74 Å². The molecule has 0 aliphatic heterocycles. The van der Waals surface area contributed by atoms with Crippen molar-refractivity contribution in [2.45, 2.75) is 124 Å². The van der Waals surface area contributed by atoms with Crippen molar-refractivity contribution in [2.75, 3.05) is 7.11 Å². The summed E-state index contributed by atoms with van der Waals surface area (Å²) in [6, 6.07) is 7.00. The number of fused-ring (bicyclic) bond motifs is 7. The maximum atomic E-state index is 13.5. The van der Waals surface area contributed by atoms with E-state index < -0.39 is 10.1 Å². The SMILES string of the molecule is C=C(C)[C@@H]1CC[C@]2(C(=O)OC)CC[C@]3(C)[C@H](CC[C@@H]4[C@@]5(C)CC[C@H](OS(=O)(=O)c6ccc(C)cc6)C(C)(C)[C@@H]5CC[C@]43C)[C@@H]12. The summed E-state index contributed by atoms with van der Waals surface area (Å²) >= 11 is 0. The van der Waals surface area contributed by atoms with E-state index in [4.69, 9.17) is 8.92 Å². The lowest BCUT2D eigenvalue weighted by Crippen LogP contribution is -2.67. The zero-order valence-corrected chi connectivity index (χ0v) is 29.3. The van der Waals surface area contributed by atoms with E-state index in [0.717, 1.165) is 63.4 Å². The maximum absolute atomic E-state index is 13.5. The number of ether oxygens (including phenoxy) is 1. The average Bonchev–Trinajstić information content (AvgIpc) is 3.36. The molecule has 0 N–H and O–H groups in total. The fraction of sp³-hybridized carbons (Fsp3) is 0.763. The van der Waals surface area contributed by atoms with Gasteiger partial charge in [0.15, 0.2) is 0 Å². The quantitative estimate of drug-likeness (QED) is 0.186. The Morgan fingerprint density at radius 3 is 2.16 bits per heavy atom. The predicted octanol–water partition coefficient (Wildman–Crippen LogP) is 8.90. The fourth-order valence-corrected chi connectivity index (χ4v) is 14.0. The predicted molar refractivity (Wildman–Crippen MR) is 174 cm³/mol. The molecule has 10 atom stereocenters. The molecular formula is C38H56O5S. The molecule has 0 bridgehead atoms. The number of hydrogen-bond donors (Lipinski definition) is 0. The Morgan fingerprint density at radius 1 is 0.841 bits per heavy atom. The van der Waals surface area contributed by atoms with Crippen LogP contribution in [0.15, 0.2) is 41.3 Å². The molecule has 0 radical (unpaired) electrons. The normalized spacial score (nSPS) is 44.5. The van der Waals surface area contributed by atoms with Crippen molar-refractivity contribution >= 4 is 16.1 Å². The maximum Gasteiger partial charge on any atom is 0.312 e. The lowest BCUT2D eigenvalue weighted by Gasteiger charge is -2.72. The first kappa shape index (κ1) is 32.3. The third-order valence-electron chi connectivity index (χ3n) is 15.2. The van der Waals surface area contributed by atoms with Gasteiger partial charge >= 0.3 is 5.97 Å². The second-order valence-corrected chi connectivity index (χ2v) is 18.6. The highest BCUT2D eigenvalue weighted by molar-refractivity contribution is 7.86. The van der Waals surface area contributed by atoms with Crippen molar-refractivity contribution in [3.05, 3.63) is 42.0 Å². The van der Waals surface area contributed by atoms with Gasteiger partial charge in [0.2, 0.25) is 0 Å². The molecule has 0 heterocycles. The average molecular weight is 625 g/mol. The van der Waals surface area contributed by atoms with Crippen LogP contribution < -0.4 is 0 Å². The lowest BCUT2D eigenvalue weighted by atomic mass is 9.32. The Balaban J connectivity index is 1.30. The van der Waals surface area contributed by atoms with Crippen molar-refractivity contribution in [3.63, 3.8) is 0 Å². The van der Waals surface area contributed by atoms with E-state index in [1.54, 1.807) is 19.2 Å². The largest absolute Gasteiger partial charge is 0.469 e. The minimum Gasteiger partial charge on any atom is -0.469 e. The molecule has 5 aliphatic carbocycles. The number of carbonyl (C=O) groups is 1. The van der Waals surface area contributed by atoms with E-state index in [1.165, 1.54) is 12.0 Å². The first-order valence-corrected chi connectivity index (χ1v) is 18.6. The highest BCUT2D eigenvalue weighted by Crippen LogP contribution is 2.77. The Labute approximate surface area is 267 Å². The topological polar surface area (TPSA) is 69.7 Å². The Kier molecular flexibility index (Phi) is 7.65. The summed E-state index contributed by atoms with van der Waals surface area (Å²) in [6.45, 7) is 20.8. The van der Waals surface area contributed by atoms with Gasteiger partial charge in [-0.3, -0.25) is 8.98 Å². The van der Waals surface area contributed by atoms with Crippen LogP contribution in [-0.4, -0.2) is 27.6 Å². The van der Waals surface area contributed by atoms with Crippen LogP contribution in [-0.2, 0) is 23.8 Å². The van der Waals surface area contributed by atoms with Gasteiger partial charge in [0, 0.05) is 0 Å². The first-order valence-electron chi connectivity index (χ1n) is 17.2. The molecule has 5 fully saturated rings. The molecular weight excluding hydrogens is 568 g/mol. The van der Waals surface area contributed by atoms with Crippen LogP contribution in [0.1, 0.15) is 111 Å². The van der Waals surface area contributed by atoms with Crippen LogP contribution in [0.25, 0.3) is 0 Å². The van der Waals surface area contributed by atoms with Crippen molar-refractivity contribution in [1.82, 2.24) is 0 Å². The Morgan fingerprint density at radius 2 is 1.52 bits per heavy atom. The van der Waals surface area contributed by atoms with E-state index in [9.17, 15) is 13.2 Å². The Hall–Kier alpha value is -1.66. The number of aryl methyl sites for hydroxylation is 1. The zero-order chi connectivity index (χ0) is 32.1. The highest BCUT2D eigenvalue weighted by atomic mass is 32.2. The van der Waals surface area contributed by atoms with Crippen molar-refractivity contribution in [1.29, 1.82) is 0 Å². The van der Waals surface area contributed by atoms with Gasteiger partial charge in [-0.25, -0.2) is 0 Å². The standard InChI is InChI=1S/C38H56O5S/c1-24(2)27-16-21-38(33(39)42-9)23-22-36(7)28(32(27)38)14-15-30-35(6)19-18-31(34(4,5)29(35)17-20-37(30,36)8)43-44(40,41)26-12-10-25(3)11-13-26/h10-13,27-32H,1,14-23H2,2-9H3/t27-,28+,29-,30+,31-,32+,35-,36+,37+,38-/m0/s1. The van der Waals surface area contributed by atoms with Crippen LogP contribution in [0.3, 0.4) is 0 Å². The van der Waals surface area contributed by atoms with Crippen LogP contribution in [0.5, 0.6) is 0 Å². The first-order chi connectivity index (χ1) is 20.5. The summed E-state index contributed by atoms with van der Waals surface area (Å²) in [5.74, 6) is 2.12. The van der Waals surface area contributed by atoms with E-state index >= 15 is 0 Å². The van der Waals surface area contributed by atoms with Gasteiger partial charge in [-0.15, -0.1) is 0 Å². The smallest absolute Gasteiger partial charge is 0.312 e. The summed E-state index contributed by atoms with van der Waals surface area (Å²) in [5.41, 5.74) is 2.02. The molecule has 1 aromatic carbocycles. The molecule has 5 nitrogen and oxygen atoms in total. The number of esters is 1. The fourth-order valence-electron chi connectivity index (χ4n) is 12.8. The summed E-state index contributed by atoms with van der Waals surface area (Å²) in [6.07, 6.45) is 9.90. The van der Waals surface area contributed by atoms with E-state index in [-0.39, 0.29) is 44.0 Å². The number of carbonyl (C=O) groups excluding carboxylic acids is 1. The molecule has 0 amide bonds. The molecule has 1 aromatic rings. The lowest BCUT2D eigenvalue weighted by molar-refractivity contribution is -0.246. The van der Waals surface area contributed by atoms with Crippen LogP contribution >= 0.6 is 0 Å². The molecule has 0 aromatic heterocycles. The Bertz CT molecular complexity index is 1430. The van der Waals surface area contributed by atoms with E-state index in [1.807, 2.05) is 19.1 Å². The van der Waals surface area contributed by atoms with Crippen molar-refractivity contribution < 1.29 is 22.1 Å². The molecule has 6 heteroatoms. The monoisotopic (exact) mass is 624 g/mol. The van der Waals surface area contributed by atoms with Crippen LogP contribution in [0, 0.1) is 63.6 Å². The van der Waals surface area contributed by atoms with Gasteiger partial charge in [0.1, 0.15) is 0 Å². The highest BCUT2D eigenvalue weighted by Gasteiger charge is 2.72. The molecule has 244 valence electrons. The minimum absolute atomic E-state index is 0.0110. The second kappa shape index (κ2) is 10.4. The molecule has 5 saturated carbocycles. The number of methoxy groups -OCH3 is 1. The van der Waals surface area contributed by atoms with Crippen molar-refractivity contribution in [3.8, 4) is 0 Å². The van der Waals surface area contributed by atoms with Gasteiger partial charge in [0.05, 0.1) is 23.5 Å². The van der Waals surface area contributed by atoms with Crippen LogP contribution in [0.2, 0.25) is 0 Å². The van der Waals surface area contributed by atoms with Gasteiger partial charge in [-0.2, -0.15) is 8.42 Å². The molecule has 5 aliphatic rings. The minimum atomic E-state index is -3.85. The van der Waals surface area contributed by atoms with Crippen LogP contribution in [0.4, 0.5) is 0 Å². The number of hydrogen-bond acceptors (Lipinski definition) is 5. The summed E-state index contributed by atoms with van der Waals surface area (Å²) in [5, 5.41) is 0. The number of rotatable bonds is 5. The molecule has 0 unspecified atom stereocenters. The summed E-state index contributed by atoms with van der Waals surface area (Å²) in [4.78, 5) is 13.8. The third kappa shape index (κ3) is 4.31.